The third-order valence-corrected chi connectivity index (χ3v) is 4.21. The van der Waals surface area contributed by atoms with E-state index in [9.17, 15) is 18.0 Å². The standard InChI is InChI=1S/C18H14F3N5O2/c1-2-25-9-15-14(11-7-22-23-8-11)10-26(17(27)16(15)24-25)12-3-5-13(6-4-12)28-18(19,20)21/h3-10H,2H2,1H3,(H,22,23). The van der Waals surface area contributed by atoms with E-state index in [1.165, 1.54) is 16.7 Å². The minimum atomic E-state index is -4.78. The molecule has 0 fully saturated rings. The number of halogens is 3. The van der Waals surface area contributed by atoms with Crippen molar-refractivity contribution < 1.29 is 17.9 Å². The van der Waals surface area contributed by atoms with Crippen LogP contribution in [0.2, 0.25) is 0 Å². The number of nitrogens with one attached hydrogen (secondary N) is 1. The SMILES string of the molecule is CCn1cc2c(-c3cn[nH]c3)cn(-c3ccc(OC(F)(F)F)cc3)c(=O)c2n1. The summed E-state index contributed by atoms with van der Waals surface area (Å²) in [5, 5.41) is 11.7. The molecule has 144 valence electrons. The van der Waals surface area contributed by atoms with Crippen LogP contribution in [-0.4, -0.2) is 30.9 Å². The van der Waals surface area contributed by atoms with E-state index in [0.29, 0.717) is 17.6 Å². The van der Waals surface area contributed by atoms with Crippen LogP contribution >= 0.6 is 0 Å². The highest BCUT2D eigenvalue weighted by molar-refractivity contribution is 5.93. The van der Waals surface area contributed by atoms with E-state index in [-0.39, 0.29) is 16.8 Å². The average Bonchev–Trinajstić information content (AvgIpc) is 3.32. The van der Waals surface area contributed by atoms with Crippen LogP contribution in [0.3, 0.4) is 0 Å². The average molecular weight is 389 g/mol. The third kappa shape index (κ3) is 3.24. The Bertz CT molecular complexity index is 1180. The van der Waals surface area contributed by atoms with Crippen LogP contribution < -0.4 is 10.3 Å². The summed E-state index contributed by atoms with van der Waals surface area (Å²) >= 11 is 0. The van der Waals surface area contributed by atoms with Crippen LogP contribution in [0.4, 0.5) is 13.2 Å². The summed E-state index contributed by atoms with van der Waals surface area (Å²) in [7, 11) is 0. The molecule has 0 spiro atoms. The lowest BCUT2D eigenvalue weighted by molar-refractivity contribution is -0.274. The molecule has 10 heteroatoms. The lowest BCUT2D eigenvalue weighted by atomic mass is 10.1. The molecule has 3 aromatic heterocycles. The maximum atomic E-state index is 12.9. The van der Waals surface area contributed by atoms with Gasteiger partial charge in [-0.1, -0.05) is 0 Å². The molecule has 4 aromatic rings. The summed E-state index contributed by atoms with van der Waals surface area (Å²) in [4.78, 5) is 12.9. The largest absolute Gasteiger partial charge is 0.573 e. The van der Waals surface area contributed by atoms with E-state index in [1.807, 2.05) is 6.92 Å². The summed E-state index contributed by atoms with van der Waals surface area (Å²) in [5.41, 5.74) is 1.75. The van der Waals surface area contributed by atoms with Crippen LogP contribution in [0.25, 0.3) is 27.7 Å². The number of aryl methyl sites for hydroxylation is 1. The first-order valence-electron chi connectivity index (χ1n) is 8.34. The Kier molecular flexibility index (Phi) is 4.17. The Morgan fingerprint density at radius 1 is 1.18 bits per heavy atom. The molecule has 0 radical (unpaired) electrons. The summed E-state index contributed by atoms with van der Waals surface area (Å²) in [6.45, 7) is 2.49. The minimum absolute atomic E-state index is 0.260. The van der Waals surface area contributed by atoms with Crippen LogP contribution in [0, 0.1) is 0 Å². The Hall–Kier alpha value is -3.56. The van der Waals surface area contributed by atoms with Gasteiger partial charge in [-0.05, 0) is 31.2 Å². The number of hydrogen-bond acceptors (Lipinski definition) is 4. The monoisotopic (exact) mass is 389 g/mol. The van der Waals surface area contributed by atoms with Crippen molar-refractivity contribution in [2.24, 2.45) is 0 Å². The zero-order chi connectivity index (χ0) is 19.9. The number of benzene rings is 1. The highest BCUT2D eigenvalue weighted by Gasteiger charge is 2.31. The molecule has 0 atom stereocenters. The van der Waals surface area contributed by atoms with Crippen molar-refractivity contribution in [3.8, 4) is 22.6 Å². The fourth-order valence-electron chi connectivity index (χ4n) is 2.94. The van der Waals surface area contributed by atoms with Crippen LogP contribution in [0.15, 0.2) is 53.8 Å². The number of pyridine rings is 1. The van der Waals surface area contributed by atoms with Crippen LogP contribution in [0.5, 0.6) is 5.75 Å². The van der Waals surface area contributed by atoms with Crippen molar-refractivity contribution in [3.63, 3.8) is 0 Å². The molecular formula is C18H14F3N5O2. The molecule has 28 heavy (non-hydrogen) atoms. The molecule has 0 amide bonds. The second-order valence-electron chi connectivity index (χ2n) is 5.99. The van der Waals surface area contributed by atoms with Crippen LogP contribution in [-0.2, 0) is 6.54 Å². The molecule has 3 heterocycles. The van der Waals surface area contributed by atoms with Crippen molar-refractivity contribution >= 4 is 10.9 Å². The van der Waals surface area contributed by atoms with Gasteiger partial charge in [-0.15, -0.1) is 13.2 Å². The van der Waals surface area contributed by atoms with Gasteiger partial charge >= 0.3 is 6.36 Å². The number of fused-ring (bicyclic) bond motifs is 1. The van der Waals surface area contributed by atoms with Crippen molar-refractivity contribution in [3.05, 3.63) is 59.4 Å². The van der Waals surface area contributed by atoms with E-state index < -0.39 is 6.36 Å². The van der Waals surface area contributed by atoms with Crippen molar-refractivity contribution in [1.82, 2.24) is 24.5 Å². The van der Waals surface area contributed by atoms with Gasteiger partial charge in [0.25, 0.3) is 5.56 Å². The molecule has 0 aliphatic carbocycles. The first kappa shape index (κ1) is 17.8. The molecule has 7 nitrogen and oxygen atoms in total. The molecule has 0 aliphatic heterocycles. The van der Waals surface area contributed by atoms with E-state index in [2.05, 4.69) is 20.0 Å². The van der Waals surface area contributed by atoms with Crippen LogP contribution in [0.1, 0.15) is 6.92 Å². The van der Waals surface area contributed by atoms with Crippen molar-refractivity contribution in [2.45, 2.75) is 19.8 Å². The first-order valence-corrected chi connectivity index (χ1v) is 8.34. The van der Waals surface area contributed by atoms with Gasteiger partial charge in [-0.3, -0.25) is 19.1 Å². The van der Waals surface area contributed by atoms with E-state index >= 15 is 0 Å². The maximum absolute atomic E-state index is 12.9. The second kappa shape index (κ2) is 6.55. The number of H-pyrrole nitrogens is 1. The zero-order valence-corrected chi connectivity index (χ0v) is 14.6. The van der Waals surface area contributed by atoms with Gasteiger partial charge in [0.2, 0.25) is 0 Å². The molecule has 4 rings (SSSR count). The van der Waals surface area contributed by atoms with Gasteiger partial charge in [0.1, 0.15) is 5.75 Å². The first-order chi connectivity index (χ1) is 13.4. The van der Waals surface area contributed by atoms with Gasteiger partial charge in [-0.25, -0.2) is 0 Å². The molecule has 0 aliphatic rings. The molecular weight excluding hydrogens is 375 g/mol. The van der Waals surface area contributed by atoms with Crippen molar-refractivity contribution in [1.29, 1.82) is 0 Å². The topological polar surface area (TPSA) is 77.7 Å². The maximum Gasteiger partial charge on any atom is 0.573 e. The summed E-state index contributed by atoms with van der Waals surface area (Å²) < 4.78 is 43.9. The highest BCUT2D eigenvalue weighted by atomic mass is 19.4. The molecule has 1 aromatic carbocycles. The van der Waals surface area contributed by atoms with E-state index in [4.69, 9.17) is 0 Å². The van der Waals surface area contributed by atoms with Gasteiger partial charge < -0.3 is 4.74 Å². The fourth-order valence-corrected chi connectivity index (χ4v) is 2.94. The number of aromatic nitrogens is 5. The number of rotatable bonds is 4. The van der Waals surface area contributed by atoms with E-state index in [0.717, 1.165) is 23.3 Å². The number of aromatic amines is 1. The van der Waals surface area contributed by atoms with Gasteiger partial charge in [-0.2, -0.15) is 10.2 Å². The van der Waals surface area contributed by atoms with Gasteiger partial charge in [0.05, 0.1) is 6.20 Å². The molecule has 1 N–H and O–H groups in total. The Balaban J connectivity index is 1.88. The number of hydrogen-bond donors (Lipinski definition) is 1. The predicted octanol–water partition coefficient (Wildman–Crippen LogP) is 3.50. The van der Waals surface area contributed by atoms with E-state index in [1.54, 1.807) is 29.5 Å². The highest BCUT2D eigenvalue weighted by Crippen LogP contribution is 2.28. The second-order valence-corrected chi connectivity index (χ2v) is 5.99. The number of alkyl halides is 3. The Labute approximate surface area is 156 Å². The summed E-state index contributed by atoms with van der Waals surface area (Å²) in [6.07, 6.45) is 1.93. The minimum Gasteiger partial charge on any atom is -0.406 e. The predicted molar refractivity (Wildman–Crippen MR) is 95.3 cm³/mol. The van der Waals surface area contributed by atoms with Crippen molar-refractivity contribution in [2.75, 3.05) is 0 Å². The lowest BCUT2D eigenvalue weighted by Gasteiger charge is -2.11. The molecule has 0 saturated heterocycles. The quantitative estimate of drug-likeness (QED) is 0.580. The number of nitrogens with zero attached hydrogens (tertiary/aromatic N) is 4. The smallest absolute Gasteiger partial charge is 0.406 e. The van der Waals surface area contributed by atoms with Gasteiger partial charge in [0.15, 0.2) is 5.52 Å². The fraction of sp³-hybridized carbons (Fsp3) is 0.167. The normalized spacial score (nSPS) is 11.9. The van der Waals surface area contributed by atoms with Gasteiger partial charge in [0, 0.05) is 47.3 Å². The molecule has 0 saturated carbocycles. The molecule has 0 unspecified atom stereocenters. The summed E-state index contributed by atoms with van der Waals surface area (Å²) in [6, 6.07) is 5.07. The summed E-state index contributed by atoms with van der Waals surface area (Å²) in [5.74, 6) is -0.365. The number of ether oxygens (including phenoxy) is 1. The third-order valence-electron chi connectivity index (χ3n) is 4.21. The Morgan fingerprint density at radius 3 is 2.54 bits per heavy atom. The lowest BCUT2D eigenvalue weighted by Crippen LogP contribution is -2.19. The zero-order valence-electron chi connectivity index (χ0n) is 14.6. The Morgan fingerprint density at radius 2 is 1.93 bits per heavy atom. The molecule has 0 bridgehead atoms.